The predicted molar refractivity (Wildman–Crippen MR) is 103 cm³/mol. The summed E-state index contributed by atoms with van der Waals surface area (Å²) in [6.45, 7) is 6.14. The summed E-state index contributed by atoms with van der Waals surface area (Å²) >= 11 is 0. The number of nitrogens with zero attached hydrogens (tertiary/aromatic N) is 1. The first-order chi connectivity index (χ1) is 12.4. The van der Waals surface area contributed by atoms with Gasteiger partial charge in [0.15, 0.2) is 0 Å². The number of fused-ring (bicyclic) bond motifs is 1. The molecule has 0 unspecified atom stereocenters. The van der Waals surface area contributed by atoms with Crippen molar-refractivity contribution < 1.29 is 13.2 Å². The van der Waals surface area contributed by atoms with E-state index in [1.54, 1.807) is 24.3 Å². The molecular weight excluding hydrogens is 352 g/mol. The zero-order valence-corrected chi connectivity index (χ0v) is 16.2. The smallest absolute Gasteiger partial charge is 0.263 e. The lowest BCUT2D eigenvalue weighted by Gasteiger charge is -2.13. The van der Waals surface area contributed by atoms with Crippen molar-refractivity contribution in [1.82, 2.24) is 15.4 Å². The van der Waals surface area contributed by atoms with Gasteiger partial charge in [-0.05, 0) is 38.4 Å². The fourth-order valence-corrected chi connectivity index (χ4v) is 4.04. The lowest BCUT2D eigenvalue weighted by molar-refractivity contribution is -0.121. The maximum Gasteiger partial charge on any atom is 0.263 e. The van der Waals surface area contributed by atoms with Crippen molar-refractivity contribution in [3.05, 3.63) is 29.8 Å². The number of amidine groups is 1. The highest BCUT2D eigenvalue weighted by molar-refractivity contribution is 7.90. The van der Waals surface area contributed by atoms with Gasteiger partial charge in [0.05, 0.1) is 4.90 Å². The highest BCUT2D eigenvalue weighted by atomic mass is 32.2. The van der Waals surface area contributed by atoms with E-state index in [1.165, 1.54) is 0 Å². The number of aliphatic imine (C=N–C) groups is 1. The molecule has 0 bridgehead atoms. The van der Waals surface area contributed by atoms with Crippen molar-refractivity contribution in [1.29, 1.82) is 0 Å². The molecule has 3 N–H and O–H groups in total. The van der Waals surface area contributed by atoms with Crippen LogP contribution in [0.25, 0.3) is 0 Å². The second kappa shape index (κ2) is 9.68. The molecule has 0 aliphatic carbocycles. The van der Waals surface area contributed by atoms with Gasteiger partial charge in [0.1, 0.15) is 5.84 Å². The monoisotopic (exact) mass is 380 g/mol. The Bertz CT molecular complexity index is 747. The maximum absolute atomic E-state index is 12.0. The number of carbonyl (C=O) groups excluding carboxylic acids is 1. The minimum atomic E-state index is -3.47. The second-order valence-corrected chi connectivity index (χ2v) is 8.06. The van der Waals surface area contributed by atoms with Crippen LogP contribution in [0.2, 0.25) is 0 Å². The van der Waals surface area contributed by atoms with E-state index in [9.17, 15) is 13.2 Å². The van der Waals surface area contributed by atoms with E-state index < -0.39 is 10.0 Å². The van der Waals surface area contributed by atoms with Crippen LogP contribution in [-0.2, 0) is 14.8 Å². The SMILES string of the molecule is CCN[C@H](C)CNC(=O)CCCCCN=C1NS(=O)(=O)c2ccccc21. The molecule has 1 aliphatic rings. The van der Waals surface area contributed by atoms with Crippen LogP contribution in [0.5, 0.6) is 0 Å². The van der Waals surface area contributed by atoms with E-state index in [4.69, 9.17) is 0 Å². The standard InChI is InChI=1S/C18H28N4O3S/c1-3-19-14(2)13-21-17(23)11-5-4-8-12-20-18-15-9-6-7-10-16(15)26(24,25)22-18/h6-7,9-10,14,19H,3-5,8,11-13H2,1-2H3,(H,20,22)(H,21,23)/t14-/m1/s1. The number of carbonyl (C=O) groups is 1. The molecule has 1 aromatic carbocycles. The molecule has 0 saturated heterocycles. The molecule has 1 amide bonds. The number of nitrogens with one attached hydrogen (secondary N) is 3. The van der Waals surface area contributed by atoms with Gasteiger partial charge in [-0.2, -0.15) is 0 Å². The van der Waals surface area contributed by atoms with Gasteiger partial charge in [-0.15, -0.1) is 0 Å². The minimum Gasteiger partial charge on any atom is -0.355 e. The van der Waals surface area contributed by atoms with Crippen molar-refractivity contribution in [2.24, 2.45) is 4.99 Å². The summed E-state index contributed by atoms with van der Waals surface area (Å²) < 4.78 is 26.5. The number of unbranched alkanes of at least 4 members (excludes halogenated alkanes) is 2. The molecule has 0 spiro atoms. The van der Waals surface area contributed by atoms with Crippen molar-refractivity contribution in [3.63, 3.8) is 0 Å². The van der Waals surface area contributed by atoms with Crippen LogP contribution in [0.3, 0.4) is 0 Å². The minimum absolute atomic E-state index is 0.0681. The van der Waals surface area contributed by atoms with Crippen LogP contribution in [0.4, 0.5) is 0 Å². The van der Waals surface area contributed by atoms with E-state index in [0.29, 0.717) is 30.9 Å². The third-order valence-corrected chi connectivity index (χ3v) is 5.55. The molecule has 26 heavy (non-hydrogen) atoms. The molecule has 0 fully saturated rings. The Hall–Kier alpha value is -1.93. The number of rotatable bonds is 10. The molecule has 8 heteroatoms. The van der Waals surface area contributed by atoms with E-state index in [-0.39, 0.29) is 16.8 Å². The molecule has 7 nitrogen and oxygen atoms in total. The van der Waals surface area contributed by atoms with Crippen molar-refractivity contribution in [2.75, 3.05) is 19.6 Å². The van der Waals surface area contributed by atoms with Crippen LogP contribution in [-0.4, -0.2) is 45.8 Å². The number of sulfonamides is 1. The van der Waals surface area contributed by atoms with Crippen molar-refractivity contribution >= 4 is 21.8 Å². The van der Waals surface area contributed by atoms with Gasteiger partial charge >= 0.3 is 0 Å². The number of likely N-dealkylation sites (N-methyl/N-ethyl adjacent to an activating group) is 1. The topological polar surface area (TPSA) is 99.7 Å². The summed E-state index contributed by atoms with van der Waals surface area (Å²) in [4.78, 5) is 16.4. The molecule has 1 aliphatic heterocycles. The fraction of sp³-hybridized carbons (Fsp3) is 0.556. The summed E-state index contributed by atoms with van der Waals surface area (Å²) in [5.74, 6) is 0.481. The van der Waals surface area contributed by atoms with Gasteiger partial charge in [-0.25, -0.2) is 8.42 Å². The highest BCUT2D eigenvalue weighted by Crippen LogP contribution is 2.22. The average Bonchev–Trinajstić information content (AvgIpc) is 2.87. The fourth-order valence-electron chi connectivity index (χ4n) is 2.79. The van der Waals surface area contributed by atoms with Gasteiger partial charge in [0, 0.05) is 31.1 Å². The van der Waals surface area contributed by atoms with Crippen LogP contribution < -0.4 is 15.4 Å². The third kappa shape index (κ3) is 5.81. The zero-order chi connectivity index (χ0) is 19.0. The van der Waals surface area contributed by atoms with Crippen LogP contribution >= 0.6 is 0 Å². The number of hydrogen-bond acceptors (Lipinski definition) is 5. The Kier molecular flexibility index (Phi) is 7.59. The average molecular weight is 381 g/mol. The van der Waals surface area contributed by atoms with Gasteiger partial charge in [-0.1, -0.05) is 25.5 Å². The van der Waals surface area contributed by atoms with E-state index in [0.717, 1.165) is 25.8 Å². The van der Waals surface area contributed by atoms with Gasteiger partial charge in [0.2, 0.25) is 5.91 Å². The Morgan fingerprint density at radius 1 is 1.23 bits per heavy atom. The van der Waals surface area contributed by atoms with Gasteiger partial charge in [-0.3, -0.25) is 14.5 Å². The highest BCUT2D eigenvalue weighted by Gasteiger charge is 2.29. The molecule has 144 valence electrons. The van der Waals surface area contributed by atoms with E-state index >= 15 is 0 Å². The molecule has 0 aromatic heterocycles. The van der Waals surface area contributed by atoms with Crippen molar-refractivity contribution in [2.45, 2.75) is 50.5 Å². The molecule has 0 radical (unpaired) electrons. The van der Waals surface area contributed by atoms with Crippen LogP contribution in [0.1, 0.15) is 45.1 Å². The summed E-state index contributed by atoms with van der Waals surface area (Å²) in [6.07, 6.45) is 3.00. The van der Waals surface area contributed by atoms with Gasteiger partial charge < -0.3 is 10.6 Å². The summed E-state index contributed by atoms with van der Waals surface area (Å²) in [5.41, 5.74) is 0.627. The number of hydrogen-bond donors (Lipinski definition) is 3. The summed E-state index contributed by atoms with van der Waals surface area (Å²) in [5, 5.41) is 6.16. The molecule has 2 rings (SSSR count). The lowest BCUT2D eigenvalue weighted by Crippen LogP contribution is -2.38. The first-order valence-corrected chi connectivity index (χ1v) is 10.6. The van der Waals surface area contributed by atoms with E-state index in [2.05, 4.69) is 20.3 Å². The van der Waals surface area contributed by atoms with Gasteiger partial charge in [0.25, 0.3) is 10.0 Å². The first-order valence-electron chi connectivity index (χ1n) is 9.10. The predicted octanol–water partition coefficient (Wildman–Crippen LogP) is 1.40. The molecular formula is C18H28N4O3S. The Labute approximate surface area is 155 Å². The van der Waals surface area contributed by atoms with Crippen molar-refractivity contribution in [3.8, 4) is 0 Å². The Morgan fingerprint density at radius 3 is 2.77 bits per heavy atom. The Morgan fingerprint density at radius 2 is 2.00 bits per heavy atom. The largest absolute Gasteiger partial charge is 0.355 e. The first kappa shape index (κ1) is 20.4. The zero-order valence-electron chi connectivity index (χ0n) is 15.4. The van der Waals surface area contributed by atoms with E-state index in [1.807, 2.05) is 13.8 Å². The number of amides is 1. The maximum atomic E-state index is 12.0. The number of benzene rings is 1. The molecule has 1 heterocycles. The normalized spacial score (nSPS) is 17.5. The van der Waals surface area contributed by atoms with Crippen LogP contribution in [0, 0.1) is 0 Å². The summed E-state index contributed by atoms with van der Waals surface area (Å²) in [6, 6.07) is 7.11. The Balaban J connectivity index is 1.67. The molecule has 1 atom stereocenters. The molecule has 1 aromatic rings. The lowest BCUT2D eigenvalue weighted by atomic mass is 10.2. The second-order valence-electron chi connectivity index (χ2n) is 6.41. The quantitative estimate of drug-likeness (QED) is 0.534. The third-order valence-electron chi connectivity index (χ3n) is 4.15. The van der Waals surface area contributed by atoms with Crippen LogP contribution in [0.15, 0.2) is 34.2 Å². The molecule has 0 saturated carbocycles. The summed E-state index contributed by atoms with van der Waals surface area (Å²) in [7, 11) is -3.47.